The lowest BCUT2D eigenvalue weighted by Gasteiger charge is -2.11. The van der Waals surface area contributed by atoms with Crippen molar-refractivity contribution in [3.8, 4) is 0 Å². The van der Waals surface area contributed by atoms with Crippen LogP contribution in [0.25, 0.3) is 6.08 Å². The first-order chi connectivity index (χ1) is 6.74. The maximum Gasteiger partial charge on any atom is 0.126 e. The second-order valence-electron chi connectivity index (χ2n) is 4.39. The summed E-state index contributed by atoms with van der Waals surface area (Å²) in [4.78, 5) is 0. The van der Waals surface area contributed by atoms with Crippen molar-refractivity contribution in [3.63, 3.8) is 0 Å². The largest absolute Gasteiger partial charge is 0.465 e. The quantitative estimate of drug-likeness (QED) is 0.794. The summed E-state index contributed by atoms with van der Waals surface area (Å²) in [5.41, 5.74) is 7.53. The molecule has 1 aromatic rings. The van der Waals surface area contributed by atoms with Crippen molar-refractivity contribution in [2.45, 2.75) is 26.2 Å². The first kappa shape index (κ1) is 9.53. The average molecular weight is 191 g/mol. The van der Waals surface area contributed by atoms with Crippen molar-refractivity contribution in [2.75, 3.05) is 6.54 Å². The molecule has 0 aromatic carbocycles. The van der Waals surface area contributed by atoms with Gasteiger partial charge in [0.25, 0.3) is 0 Å². The Morgan fingerprint density at radius 3 is 2.93 bits per heavy atom. The first-order valence-electron chi connectivity index (χ1n) is 5.15. The van der Waals surface area contributed by atoms with Gasteiger partial charge in [-0.25, -0.2) is 0 Å². The SMILES string of the molecule is C/C(=C\c1ccco1)CC1(CN)CC1. The van der Waals surface area contributed by atoms with Crippen molar-refractivity contribution in [1.29, 1.82) is 0 Å². The van der Waals surface area contributed by atoms with Crippen LogP contribution in [0.4, 0.5) is 0 Å². The summed E-state index contributed by atoms with van der Waals surface area (Å²) in [5, 5.41) is 0. The summed E-state index contributed by atoms with van der Waals surface area (Å²) in [6.45, 7) is 2.97. The standard InChI is InChI=1S/C12H17NO/c1-10(7-11-3-2-6-14-11)8-12(9-13)4-5-12/h2-3,6-7H,4-5,8-9,13H2,1H3/b10-7+. The summed E-state index contributed by atoms with van der Waals surface area (Å²) in [5.74, 6) is 0.940. The van der Waals surface area contributed by atoms with Crippen LogP contribution in [0, 0.1) is 5.41 Å². The fraction of sp³-hybridized carbons (Fsp3) is 0.500. The van der Waals surface area contributed by atoms with E-state index in [9.17, 15) is 0 Å². The molecule has 0 amide bonds. The Morgan fingerprint density at radius 1 is 1.64 bits per heavy atom. The van der Waals surface area contributed by atoms with Crippen molar-refractivity contribution < 1.29 is 4.42 Å². The van der Waals surface area contributed by atoms with Gasteiger partial charge in [-0.1, -0.05) is 5.57 Å². The fourth-order valence-electron chi connectivity index (χ4n) is 1.89. The zero-order chi connectivity index (χ0) is 10.0. The second kappa shape index (κ2) is 3.62. The smallest absolute Gasteiger partial charge is 0.126 e. The number of nitrogens with two attached hydrogens (primary N) is 1. The molecule has 2 N–H and O–H groups in total. The fourth-order valence-corrected chi connectivity index (χ4v) is 1.89. The maximum atomic E-state index is 5.74. The van der Waals surface area contributed by atoms with E-state index in [0.29, 0.717) is 5.41 Å². The first-order valence-corrected chi connectivity index (χ1v) is 5.15. The van der Waals surface area contributed by atoms with Crippen LogP contribution in [0.1, 0.15) is 31.9 Å². The minimum absolute atomic E-state index is 0.424. The van der Waals surface area contributed by atoms with Crippen LogP contribution in [0.5, 0.6) is 0 Å². The molecule has 1 saturated carbocycles. The van der Waals surface area contributed by atoms with Crippen molar-refractivity contribution in [1.82, 2.24) is 0 Å². The van der Waals surface area contributed by atoms with E-state index in [2.05, 4.69) is 13.0 Å². The molecule has 0 saturated heterocycles. The van der Waals surface area contributed by atoms with Crippen LogP contribution < -0.4 is 5.73 Å². The lowest BCUT2D eigenvalue weighted by Crippen LogP contribution is -2.15. The number of hydrogen-bond donors (Lipinski definition) is 1. The van der Waals surface area contributed by atoms with E-state index >= 15 is 0 Å². The van der Waals surface area contributed by atoms with Gasteiger partial charge in [0.1, 0.15) is 5.76 Å². The van der Waals surface area contributed by atoms with Gasteiger partial charge in [-0.15, -0.1) is 0 Å². The Balaban J connectivity index is 1.99. The van der Waals surface area contributed by atoms with E-state index in [0.717, 1.165) is 18.7 Å². The Hall–Kier alpha value is -1.02. The molecule has 1 aliphatic rings. The molecule has 76 valence electrons. The summed E-state index contributed by atoms with van der Waals surface area (Å²) in [6.07, 6.45) is 7.49. The van der Waals surface area contributed by atoms with Crippen LogP contribution >= 0.6 is 0 Å². The lowest BCUT2D eigenvalue weighted by molar-refractivity contribution is 0.517. The van der Waals surface area contributed by atoms with Gasteiger partial charge in [-0.3, -0.25) is 0 Å². The van der Waals surface area contributed by atoms with Gasteiger partial charge in [-0.2, -0.15) is 0 Å². The Labute approximate surface area is 84.8 Å². The molecule has 1 aliphatic carbocycles. The zero-order valence-electron chi connectivity index (χ0n) is 8.62. The molecule has 2 rings (SSSR count). The molecule has 0 spiro atoms. The summed E-state index contributed by atoms with van der Waals surface area (Å²) < 4.78 is 5.27. The van der Waals surface area contributed by atoms with E-state index in [1.54, 1.807) is 6.26 Å². The van der Waals surface area contributed by atoms with Gasteiger partial charge < -0.3 is 10.2 Å². The predicted molar refractivity (Wildman–Crippen MR) is 57.7 cm³/mol. The van der Waals surface area contributed by atoms with Gasteiger partial charge >= 0.3 is 0 Å². The minimum Gasteiger partial charge on any atom is -0.465 e. The van der Waals surface area contributed by atoms with Crippen LogP contribution in [-0.4, -0.2) is 6.54 Å². The van der Waals surface area contributed by atoms with E-state index in [1.165, 1.54) is 18.4 Å². The van der Waals surface area contributed by atoms with E-state index < -0.39 is 0 Å². The average Bonchev–Trinajstić information content (AvgIpc) is 2.74. The topological polar surface area (TPSA) is 39.2 Å². The Bertz CT molecular complexity index is 320. The van der Waals surface area contributed by atoms with Crippen LogP contribution in [0.2, 0.25) is 0 Å². The molecule has 1 heterocycles. The van der Waals surface area contributed by atoms with Crippen LogP contribution in [-0.2, 0) is 0 Å². The van der Waals surface area contributed by atoms with Crippen LogP contribution in [0.3, 0.4) is 0 Å². The Morgan fingerprint density at radius 2 is 2.43 bits per heavy atom. The van der Waals surface area contributed by atoms with Gasteiger partial charge in [-0.05, 0) is 56.4 Å². The van der Waals surface area contributed by atoms with Crippen molar-refractivity contribution in [2.24, 2.45) is 11.1 Å². The molecular weight excluding hydrogens is 174 g/mol. The molecular formula is C12H17NO. The van der Waals surface area contributed by atoms with E-state index in [-0.39, 0.29) is 0 Å². The predicted octanol–water partition coefficient (Wildman–Crippen LogP) is 2.81. The normalized spacial score (nSPS) is 19.7. The molecule has 0 unspecified atom stereocenters. The monoisotopic (exact) mass is 191 g/mol. The summed E-state index contributed by atoms with van der Waals surface area (Å²) in [6, 6.07) is 3.89. The molecule has 0 aliphatic heterocycles. The van der Waals surface area contributed by atoms with Crippen molar-refractivity contribution in [3.05, 3.63) is 29.7 Å². The molecule has 1 aromatic heterocycles. The zero-order valence-corrected chi connectivity index (χ0v) is 8.62. The highest BCUT2D eigenvalue weighted by molar-refractivity contribution is 5.46. The second-order valence-corrected chi connectivity index (χ2v) is 4.39. The number of rotatable bonds is 4. The molecule has 0 atom stereocenters. The Kier molecular flexibility index (Phi) is 2.46. The molecule has 2 heteroatoms. The molecule has 1 fully saturated rings. The van der Waals surface area contributed by atoms with Crippen LogP contribution in [0.15, 0.2) is 28.4 Å². The molecule has 0 bridgehead atoms. The minimum atomic E-state index is 0.424. The number of furan rings is 1. The highest BCUT2D eigenvalue weighted by Crippen LogP contribution is 2.49. The van der Waals surface area contributed by atoms with Gasteiger partial charge in [0.15, 0.2) is 0 Å². The third-order valence-corrected chi connectivity index (χ3v) is 2.98. The lowest BCUT2D eigenvalue weighted by atomic mass is 9.97. The van der Waals surface area contributed by atoms with Gasteiger partial charge in [0.05, 0.1) is 6.26 Å². The number of allylic oxidation sites excluding steroid dienone is 1. The highest BCUT2D eigenvalue weighted by atomic mass is 16.3. The van der Waals surface area contributed by atoms with Gasteiger partial charge in [0, 0.05) is 0 Å². The third kappa shape index (κ3) is 2.07. The molecule has 14 heavy (non-hydrogen) atoms. The highest BCUT2D eigenvalue weighted by Gasteiger charge is 2.40. The summed E-state index contributed by atoms with van der Waals surface area (Å²) >= 11 is 0. The maximum absolute atomic E-state index is 5.74. The summed E-state index contributed by atoms with van der Waals surface area (Å²) in [7, 11) is 0. The van der Waals surface area contributed by atoms with E-state index in [1.807, 2.05) is 12.1 Å². The van der Waals surface area contributed by atoms with E-state index in [4.69, 9.17) is 10.2 Å². The third-order valence-electron chi connectivity index (χ3n) is 2.98. The van der Waals surface area contributed by atoms with Gasteiger partial charge in [0.2, 0.25) is 0 Å². The van der Waals surface area contributed by atoms with Crippen molar-refractivity contribution >= 4 is 6.08 Å². The molecule has 2 nitrogen and oxygen atoms in total. The number of hydrogen-bond acceptors (Lipinski definition) is 2. The molecule has 0 radical (unpaired) electrons.